The fourth-order valence-corrected chi connectivity index (χ4v) is 3.69. The van der Waals surface area contributed by atoms with E-state index in [2.05, 4.69) is 0 Å². The number of ether oxygens (including phenoxy) is 1. The van der Waals surface area contributed by atoms with E-state index in [1.165, 1.54) is 6.07 Å². The molecule has 1 aliphatic heterocycles. The lowest BCUT2D eigenvalue weighted by atomic mass is 10.1. The zero-order valence-corrected chi connectivity index (χ0v) is 11.2. The second-order valence-electron chi connectivity index (χ2n) is 4.88. The number of carboxylic acids is 1. The lowest BCUT2D eigenvalue weighted by Crippen LogP contribution is -2.51. The van der Waals surface area contributed by atoms with E-state index in [1.807, 2.05) is 4.90 Å². The lowest BCUT2D eigenvalue weighted by molar-refractivity contribution is -0.0443. The van der Waals surface area contributed by atoms with Crippen molar-refractivity contribution >= 4 is 23.2 Å². The lowest BCUT2D eigenvalue weighted by Gasteiger charge is -2.37. The Hall–Kier alpha value is -1.40. The molecule has 0 unspecified atom stereocenters. The molecule has 1 saturated carbocycles. The Balaban J connectivity index is 1.80. The Morgan fingerprint density at radius 3 is 2.84 bits per heavy atom. The van der Waals surface area contributed by atoms with Crippen LogP contribution in [0.1, 0.15) is 38.6 Å². The summed E-state index contributed by atoms with van der Waals surface area (Å²) in [5.74, 6) is -1.04. The number of fused-ring (bicyclic) bond motifs is 1. The van der Waals surface area contributed by atoms with Crippen molar-refractivity contribution in [3.8, 4) is 0 Å². The number of carbonyl (C=O) groups excluding carboxylic acids is 1. The zero-order valence-electron chi connectivity index (χ0n) is 10.4. The molecule has 5 nitrogen and oxygen atoms in total. The maximum Gasteiger partial charge on any atom is 0.345 e. The van der Waals surface area contributed by atoms with Crippen LogP contribution in [-0.2, 0) is 4.74 Å². The highest BCUT2D eigenvalue weighted by Crippen LogP contribution is 2.31. The predicted molar refractivity (Wildman–Crippen MR) is 69.7 cm³/mol. The molecule has 2 atom stereocenters. The van der Waals surface area contributed by atoms with Gasteiger partial charge in [0, 0.05) is 6.54 Å². The van der Waals surface area contributed by atoms with Gasteiger partial charge in [-0.05, 0) is 31.4 Å². The fraction of sp³-hybridized carbons (Fsp3) is 0.538. The second kappa shape index (κ2) is 4.94. The summed E-state index contributed by atoms with van der Waals surface area (Å²) in [6.45, 7) is 1.17. The van der Waals surface area contributed by atoms with Crippen LogP contribution in [0.15, 0.2) is 12.1 Å². The van der Waals surface area contributed by atoms with Gasteiger partial charge in [-0.15, -0.1) is 11.3 Å². The number of aromatic carboxylic acids is 1. The molecule has 2 fully saturated rings. The number of carbonyl (C=O) groups is 2. The largest absolute Gasteiger partial charge is 0.477 e. The van der Waals surface area contributed by atoms with Gasteiger partial charge in [0.15, 0.2) is 0 Å². The van der Waals surface area contributed by atoms with E-state index in [9.17, 15) is 9.59 Å². The molecule has 2 aliphatic rings. The third kappa shape index (κ3) is 2.26. The monoisotopic (exact) mass is 281 g/mol. The van der Waals surface area contributed by atoms with Crippen molar-refractivity contribution in [1.29, 1.82) is 0 Å². The van der Waals surface area contributed by atoms with Gasteiger partial charge in [0.1, 0.15) is 4.88 Å². The summed E-state index contributed by atoms with van der Waals surface area (Å²) in [7, 11) is 0. The smallest absolute Gasteiger partial charge is 0.345 e. The molecule has 6 heteroatoms. The third-order valence-electron chi connectivity index (χ3n) is 3.77. The molecular formula is C13H15NO4S. The van der Waals surface area contributed by atoms with E-state index in [0.717, 1.165) is 30.6 Å². The topological polar surface area (TPSA) is 66.8 Å². The first-order chi connectivity index (χ1) is 9.16. The van der Waals surface area contributed by atoms with E-state index in [4.69, 9.17) is 9.84 Å². The summed E-state index contributed by atoms with van der Waals surface area (Å²) in [5, 5.41) is 8.91. The Morgan fingerprint density at radius 2 is 2.11 bits per heavy atom. The minimum absolute atomic E-state index is 0.0577. The number of amides is 1. The Labute approximate surface area is 114 Å². The third-order valence-corrected chi connectivity index (χ3v) is 4.83. The van der Waals surface area contributed by atoms with Crippen molar-refractivity contribution in [3.05, 3.63) is 21.9 Å². The van der Waals surface area contributed by atoms with Crippen LogP contribution in [0, 0.1) is 0 Å². The van der Waals surface area contributed by atoms with Gasteiger partial charge >= 0.3 is 5.97 Å². The molecule has 102 valence electrons. The molecule has 0 radical (unpaired) electrons. The van der Waals surface area contributed by atoms with Gasteiger partial charge in [0.25, 0.3) is 5.91 Å². The molecule has 1 N–H and O–H groups in total. The van der Waals surface area contributed by atoms with Crippen molar-refractivity contribution in [2.45, 2.75) is 31.4 Å². The van der Waals surface area contributed by atoms with Gasteiger partial charge in [0.05, 0.1) is 23.6 Å². The molecule has 0 spiro atoms. The molecule has 19 heavy (non-hydrogen) atoms. The summed E-state index contributed by atoms with van der Waals surface area (Å²) in [6, 6.07) is 3.26. The SMILES string of the molecule is O=C(O)c1ccc(C(=O)N2CCO[C@H]3CCC[C@@H]32)s1. The summed E-state index contributed by atoms with van der Waals surface area (Å²) in [5.41, 5.74) is 0. The van der Waals surface area contributed by atoms with Gasteiger partial charge in [-0.2, -0.15) is 0 Å². The Morgan fingerprint density at radius 1 is 1.32 bits per heavy atom. The molecule has 0 bridgehead atoms. The number of carboxylic acid groups (broad SMARTS) is 1. The molecule has 1 amide bonds. The fourth-order valence-electron chi connectivity index (χ4n) is 2.89. The average Bonchev–Trinajstić information content (AvgIpc) is 3.06. The molecule has 1 aromatic heterocycles. The van der Waals surface area contributed by atoms with Crippen LogP contribution in [0.3, 0.4) is 0 Å². The first kappa shape index (κ1) is 12.6. The zero-order chi connectivity index (χ0) is 13.4. The van der Waals surface area contributed by atoms with E-state index >= 15 is 0 Å². The molecular weight excluding hydrogens is 266 g/mol. The molecule has 3 rings (SSSR count). The Bertz CT molecular complexity index is 512. The normalized spacial score (nSPS) is 26.2. The molecule has 2 heterocycles. The molecule has 1 aliphatic carbocycles. The maximum atomic E-state index is 12.5. The van der Waals surface area contributed by atoms with Crippen LogP contribution in [0.4, 0.5) is 0 Å². The minimum Gasteiger partial charge on any atom is -0.477 e. The van der Waals surface area contributed by atoms with Crippen molar-refractivity contribution < 1.29 is 19.4 Å². The number of rotatable bonds is 2. The van der Waals surface area contributed by atoms with Crippen molar-refractivity contribution in [1.82, 2.24) is 4.90 Å². The van der Waals surface area contributed by atoms with Gasteiger partial charge in [-0.1, -0.05) is 0 Å². The quantitative estimate of drug-likeness (QED) is 0.898. The molecule has 0 aromatic carbocycles. The van der Waals surface area contributed by atoms with E-state index in [1.54, 1.807) is 6.07 Å². The van der Waals surface area contributed by atoms with E-state index in [-0.39, 0.29) is 22.9 Å². The van der Waals surface area contributed by atoms with Crippen LogP contribution < -0.4 is 0 Å². The summed E-state index contributed by atoms with van der Waals surface area (Å²) in [4.78, 5) is 25.9. The van der Waals surface area contributed by atoms with Crippen molar-refractivity contribution in [2.24, 2.45) is 0 Å². The molecule has 1 aromatic rings. The number of hydrogen-bond donors (Lipinski definition) is 1. The first-order valence-corrected chi connectivity index (χ1v) is 7.24. The number of hydrogen-bond acceptors (Lipinski definition) is 4. The van der Waals surface area contributed by atoms with Crippen molar-refractivity contribution in [3.63, 3.8) is 0 Å². The van der Waals surface area contributed by atoms with Crippen LogP contribution in [0.25, 0.3) is 0 Å². The van der Waals surface area contributed by atoms with Crippen LogP contribution in [0.2, 0.25) is 0 Å². The summed E-state index contributed by atoms with van der Waals surface area (Å²) >= 11 is 1.05. The Kier molecular flexibility index (Phi) is 3.28. The number of nitrogens with zero attached hydrogens (tertiary/aromatic N) is 1. The summed E-state index contributed by atoms with van der Waals surface area (Å²) < 4.78 is 5.68. The highest BCUT2D eigenvalue weighted by Gasteiger charge is 2.38. The predicted octanol–water partition coefficient (Wildman–Crippen LogP) is 1.84. The van der Waals surface area contributed by atoms with Crippen molar-refractivity contribution in [2.75, 3.05) is 13.2 Å². The van der Waals surface area contributed by atoms with E-state index in [0.29, 0.717) is 18.0 Å². The number of morpholine rings is 1. The first-order valence-electron chi connectivity index (χ1n) is 6.42. The highest BCUT2D eigenvalue weighted by atomic mass is 32.1. The average molecular weight is 281 g/mol. The minimum atomic E-state index is -0.982. The van der Waals surface area contributed by atoms with Crippen LogP contribution in [0.5, 0.6) is 0 Å². The maximum absolute atomic E-state index is 12.5. The van der Waals surface area contributed by atoms with Gasteiger partial charge < -0.3 is 14.7 Å². The highest BCUT2D eigenvalue weighted by molar-refractivity contribution is 7.15. The number of thiophene rings is 1. The standard InChI is InChI=1S/C13H15NO4S/c15-12(10-4-5-11(19-10)13(16)17)14-6-7-18-9-3-1-2-8(9)14/h4-5,8-9H,1-3,6-7H2,(H,16,17)/t8-,9-/m0/s1. The van der Waals surface area contributed by atoms with Crippen LogP contribution >= 0.6 is 11.3 Å². The summed E-state index contributed by atoms with van der Waals surface area (Å²) in [6.07, 6.45) is 3.24. The van der Waals surface area contributed by atoms with Gasteiger partial charge in [0.2, 0.25) is 0 Å². The molecule has 1 saturated heterocycles. The van der Waals surface area contributed by atoms with Gasteiger partial charge in [-0.25, -0.2) is 4.79 Å². The van der Waals surface area contributed by atoms with Crippen LogP contribution in [-0.4, -0.2) is 47.2 Å². The second-order valence-corrected chi connectivity index (χ2v) is 5.96. The van der Waals surface area contributed by atoms with E-state index < -0.39 is 5.97 Å². The van der Waals surface area contributed by atoms with Gasteiger partial charge in [-0.3, -0.25) is 4.79 Å².